The van der Waals surface area contributed by atoms with E-state index in [-0.39, 0.29) is 24.0 Å². The molecule has 0 bridgehead atoms. The average Bonchev–Trinajstić information content (AvgIpc) is 2.85. The monoisotopic (exact) mass is 504 g/mol. The van der Waals surface area contributed by atoms with E-state index in [1.807, 2.05) is 11.7 Å². The minimum absolute atomic E-state index is 0. The molecule has 0 amide bonds. The molecule has 1 fully saturated rings. The van der Waals surface area contributed by atoms with Crippen LogP contribution < -0.4 is 10.6 Å². The maximum atomic E-state index is 4.88. The summed E-state index contributed by atoms with van der Waals surface area (Å²) in [7, 11) is 2.01. The number of piperidine rings is 1. The number of halogens is 1. The summed E-state index contributed by atoms with van der Waals surface area (Å²) >= 11 is 0. The van der Waals surface area contributed by atoms with Gasteiger partial charge in [-0.2, -0.15) is 5.10 Å². The van der Waals surface area contributed by atoms with E-state index in [0.29, 0.717) is 12.1 Å². The first-order valence-corrected chi connectivity index (χ1v) is 10.6. The van der Waals surface area contributed by atoms with Crippen LogP contribution in [0.5, 0.6) is 0 Å². The fourth-order valence-corrected chi connectivity index (χ4v) is 3.99. The highest BCUT2D eigenvalue weighted by Crippen LogP contribution is 2.18. The van der Waals surface area contributed by atoms with Crippen molar-refractivity contribution in [3.8, 4) is 0 Å². The number of aromatic nitrogens is 2. The minimum atomic E-state index is 0. The molecule has 0 saturated carbocycles. The van der Waals surface area contributed by atoms with Crippen LogP contribution >= 0.6 is 24.0 Å². The summed E-state index contributed by atoms with van der Waals surface area (Å²) in [5.74, 6) is 1.73. The molecule has 1 aliphatic rings. The number of rotatable bonds is 7. The van der Waals surface area contributed by atoms with Gasteiger partial charge in [0.05, 0.1) is 12.2 Å². The molecule has 162 valence electrons. The first-order chi connectivity index (χ1) is 12.8. The molecule has 3 atom stereocenters. The summed E-state index contributed by atoms with van der Waals surface area (Å²) in [6, 6.07) is 0.788. The van der Waals surface area contributed by atoms with Crippen LogP contribution in [0.2, 0.25) is 0 Å². The lowest BCUT2D eigenvalue weighted by atomic mass is 9.99. The lowest BCUT2D eigenvalue weighted by molar-refractivity contribution is 0.142. The van der Waals surface area contributed by atoms with Crippen molar-refractivity contribution in [3.05, 3.63) is 17.0 Å². The molecule has 28 heavy (non-hydrogen) atoms. The Balaban J connectivity index is 0.00000392. The first kappa shape index (κ1) is 25.2. The molecular formula is C21H41IN6. The molecule has 1 aromatic rings. The van der Waals surface area contributed by atoms with Gasteiger partial charge >= 0.3 is 0 Å². The molecule has 2 rings (SSSR count). The van der Waals surface area contributed by atoms with Crippen LogP contribution in [0.4, 0.5) is 0 Å². The van der Waals surface area contributed by atoms with E-state index in [2.05, 4.69) is 62.2 Å². The van der Waals surface area contributed by atoms with Crippen LogP contribution in [0, 0.1) is 19.8 Å². The molecule has 6 nitrogen and oxygen atoms in total. The second kappa shape index (κ2) is 12.0. The smallest absolute Gasteiger partial charge is 0.191 e. The second-order valence-electron chi connectivity index (χ2n) is 8.33. The van der Waals surface area contributed by atoms with E-state index in [4.69, 9.17) is 4.99 Å². The highest BCUT2D eigenvalue weighted by atomic mass is 127. The van der Waals surface area contributed by atoms with Gasteiger partial charge in [-0.15, -0.1) is 24.0 Å². The SMILES string of the molecule is CCNC(=NCC(C)N1CCCC(C)C1)NC(C)Cc1c(C)nn(C)c1C.I. The number of hydrogen-bond acceptors (Lipinski definition) is 3. The molecule has 2 heterocycles. The van der Waals surface area contributed by atoms with Crippen molar-refractivity contribution < 1.29 is 0 Å². The number of aliphatic imine (C=N–C) groups is 1. The van der Waals surface area contributed by atoms with Crippen LogP contribution in [0.15, 0.2) is 4.99 Å². The number of hydrogen-bond donors (Lipinski definition) is 2. The van der Waals surface area contributed by atoms with Crippen molar-refractivity contribution in [2.75, 3.05) is 26.2 Å². The number of nitrogens with zero attached hydrogens (tertiary/aromatic N) is 4. The molecule has 0 aliphatic carbocycles. The Kier molecular flexibility index (Phi) is 10.8. The Bertz CT molecular complexity index is 627. The Labute approximate surface area is 189 Å². The standard InChI is InChI=1S/C21H40N6.HI/c1-8-22-21(23-13-17(4)27-11-9-10-15(2)14-27)24-16(3)12-20-18(5)25-26(7)19(20)6;/h15-17H,8-14H2,1-7H3,(H2,22,23,24);1H. The van der Waals surface area contributed by atoms with Crippen LogP contribution in [0.25, 0.3) is 0 Å². The molecule has 1 aliphatic heterocycles. The Morgan fingerprint density at radius 3 is 2.61 bits per heavy atom. The van der Waals surface area contributed by atoms with Gasteiger partial charge in [0.1, 0.15) is 0 Å². The van der Waals surface area contributed by atoms with Gasteiger partial charge in [0, 0.05) is 37.9 Å². The highest BCUT2D eigenvalue weighted by molar-refractivity contribution is 14.0. The van der Waals surface area contributed by atoms with Crippen molar-refractivity contribution in [1.82, 2.24) is 25.3 Å². The molecule has 0 aromatic carbocycles. The fourth-order valence-electron chi connectivity index (χ4n) is 3.99. The number of aryl methyl sites for hydroxylation is 2. The molecule has 2 N–H and O–H groups in total. The van der Waals surface area contributed by atoms with Crippen molar-refractivity contribution in [1.29, 1.82) is 0 Å². The van der Waals surface area contributed by atoms with E-state index < -0.39 is 0 Å². The van der Waals surface area contributed by atoms with Crippen molar-refractivity contribution in [3.63, 3.8) is 0 Å². The Morgan fingerprint density at radius 1 is 1.32 bits per heavy atom. The largest absolute Gasteiger partial charge is 0.357 e. The van der Waals surface area contributed by atoms with E-state index >= 15 is 0 Å². The predicted molar refractivity (Wildman–Crippen MR) is 130 cm³/mol. The van der Waals surface area contributed by atoms with Crippen molar-refractivity contribution >= 4 is 29.9 Å². The zero-order valence-electron chi connectivity index (χ0n) is 18.9. The van der Waals surface area contributed by atoms with Gasteiger partial charge in [-0.25, -0.2) is 0 Å². The third kappa shape index (κ3) is 7.21. The third-order valence-electron chi connectivity index (χ3n) is 5.72. The summed E-state index contributed by atoms with van der Waals surface area (Å²) in [6.45, 7) is 17.4. The quantitative estimate of drug-likeness (QED) is 0.340. The van der Waals surface area contributed by atoms with E-state index in [0.717, 1.165) is 37.1 Å². The topological polar surface area (TPSA) is 57.5 Å². The van der Waals surface area contributed by atoms with Crippen molar-refractivity contribution in [2.45, 2.75) is 72.9 Å². The van der Waals surface area contributed by atoms with Gasteiger partial charge in [0.2, 0.25) is 0 Å². The lowest BCUT2D eigenvalue weighted by Crippen LogP contribution is -2.45. The number of nitrogens with one attached hydrogen (secondary N) is 2. The highest BCUT2D eigenvalue weighted by Gasteiger charge is 2.21. The van der Waals surface area contributed by atoms with E-state index in [1.54, 1.807) is 0 Å². The van der Waals surface area contributed by atoms with Gasteiger partial charge in [-0.3, -0.25) is 14.6 Å². The van der Waals surface area contributed by atoms with Gasteiger partial charge < -0.3 is 10.6 Å². The summed E-state index contributed by atoms with van der Waals surface area (Å²) in [5.41, 5.74) is 3.71. The van der Waals surface area contributed by atoms with Gasteiger partial charge in [0.25, 0.3) is 0 Å². The van der Waals surface area contributed by atoms with E-state index in [9.17, 15) is 0 Å². The lowest BCUT2D eigenvalue weighted by Gasteiger charge is -2.35. The number of guanidine groups is 1. The molecule has 0 radical (unpaired) electrons. The molecule has 0 spiro atoms. The molecule has 3 unspecified atom stereocenters. The minimum Gasteiger partial charge on any atom is -0.357 e. The van der Waals surface area contributed by atoms with E-state index in [1.165, 1.54) is 37.2 Å². The van der Waals surface area contributed by atoms with Gasteiger partial charge in [-0.1, -0.05) is 6.92 Å². The number of likely N-dealkylation sites (tertiary alicyclic amines) is 1. The average molecular weight is 505 g/mol. The molecular weight excluding hydrogens is 463 g/mol. The van der Waals surface area contributed by atoms with Crippen LogP contribution in [0.3, 0.4) is 0 Å². The fraction of sp³-hybridized carbons (Fsp3) is 0.810. The van der Waals surface area contributed by atoms with Crippen LogP contribution in [-0.2, 0) is 13.5 Å². The molecule has 7 heteroatoms. The maximum absolute atomic E-state index is 4.88. The third-order valence-corrected chi connectivity index (χ3v) is 5.72. The normalized spacial score (nSPS) is 20.4. The first-order valence-electron chi connectivity index (χ1n) is 10.6. The zero-order valence-corrected chi connectivity index (χ0v) is 21.2. The maximum Gasteiger partial charge on any atom is 0.191 e. The Hall–Kier alpha value is -0.830. The predicted octanol–water partition coefficient (Wildman–Crippen LogP) is 3.26. The summed E-state index contributed by atoms with van der Waals surface area (Å²) in [6.07, 6.45) is 3.63. The van der Waals surface area contributed by atoms with Gasteiger partial charge in [0.15, 0.2) is 5.96 Å². The summed E-state index contributed by atoms with van der Waals surface area (Å²) < 4.78 is 1.97. The Morgan fingerprint density at radius 2 is 2.04 bits per heavy atom. The van der Waals surface area contributed by atoms with Crippen LogP contribution in [-0.4, -0.2) is 58.9 Å². The second-order valence-corrected chi connectivity index (χ2v) is 8.33. The molecule has 1 saturated heterocycles. The summed E-state index contributed by atoms with van der Waals surface area (Å²) in [4.78, 5) is 7.47. The van der Waals surface area contributed by atoms with Gasteiger partial charge in [-0.05, 0) is 71.9 Å². The molecule has 1 aromatic heterocycles. The summed E-state index contributed by atoms with van der Waals surface area (Å²) in [5, 5.41) is 11.5. The zero-order chi connectivity index (χ0) is 20.0. The van der Waals surface area contributed by atoms with Crippen molar-refractivity contribution in [2.24, 2.45) is 18.0 Å². The van der Waals surface area contributed by atoms with Crippen LogP contribution in [0.1, 0.15) is 57.5 Å².